The summed E-state index contributed by atoms with van der Waals surface area (Å²) in [6, 6.07) is 11.3. The van der Waals surface area contributed by atoms with Crippen molar-refractivity contribution in [1.29, 1.82) is 0 Å². The first-order valence-electron chi connectivity index (χ1n) is 11.8. The molecule has 0 saturated carbocycles. The molecule has 0 radical (unpaired) electrons. The fraction of sp³-hybridized carbons (Fsp3) is 0.593. The van der Waals surface area contributed by atoms with Crippen LogP contribution in [0.25, 0.3) is 0 Å². The first-order valence-corrected chi connectivity index (χ1v) is 11.8. The lowest BCUT2D eigenvalue weighted by Crippen LogP contribution is -2.37. The van der Waals surface area contributed by atoms with E-state index in [0.717, 1.165) is 38.2 Å². The van der Waals surface area contributed by atoms with Crippen molar-refractivity contribution in [3.63, 3.8) is 0 Å². The molecule has 0 fully saturated rings. The predicted molar refractivity (Wildman–Crippen MR) is 134 cm³/mol. The summed E-state index contributed by atoms with van der Waals surface area (Å²) >= 11 is 0. The molecule has 0 spiro atoms. The van der Waals surface area contributed by atoms with E-state index in [9.17, 15) is 0 Å². The van der Waals surface area contributed by atoms with Crippen molar-refractivity contribution in [1.82, 2.24) is 0 Å². The van der Waals surface area contributed by atoms with Gasteiger partial charge in [-0.25, -0.2) is 4.57 Å². The fourth-order valence-corrected chi connectivity index (χ4v) is 3.81. The molecule has 0 saturated heterocycles. The van der Waals surface area contributed by atoms with Gasteiger partial charge in [-0.1, -0.05) is 51.7 Å². The lowest BCUT2D eigenvalue weighted by Gasteiger charge is -2.13. The van der Waals surface area contributed by atoms with E-state index in [1.165, 1.54) is 67.3 Å². The number of benzene rings is 1. The first kappa shape index (κ1) is 26.7. The molecule has 2 rings (SSSR count). The molecule has 0 aliphatic heterocycles. The Balaban J connectivity index is 0.00000450. The number of nitrogens with zero attached hydrogens (tertiary/aromatic N) is 1. The van der Waals surface area contributed by atoms with Crippen LogP contribution in [0, 0.1) is 13.8 Å². The Kier molecular flexibility index (Phi) is 13.7. The normalized spacial score (nSPS) is 10.7. The highest BCUT2D eigenvalue weighted by atomic mass is 79.9. The van der Waals surface area contributed by atoms with E-state index in [4.69, 9.17) is 4.74 Å². The maximum absolute atomic E-state index is 6.23. The molecule has 1 aromatic heterocycles. The van der Waals surface area contributed by atoms with Gasteiger partial charge in [0.05, 0.1) is 6.61 Å². The maximum atomic E-state index is 6.23. The van der Waals surface area contributed by atoms with Crippen LogP contribution in [0.5, 0.6) is 5.75 Å². The molecule has 1 aromatic carbocycles. The van der Waals surface area contributed by atoms with Crippen LogP contribution in [0.2, 0.25) is 0 Å². The molecular formula is C27H43BrNO+. The van der Waals surface area contributed by atoms with E-state index in [1.807, 2.05) is 0 Å². The number of aryl methyl sites for hydroxylation is 5. The summed E-state index contributed by atoms with van der Waals surface area (Å²) < 4.78 is 8.59. The maximum Gasteiger partial charge on any atom is 0.178 e. The Morgan fingerprint density at radius 1 is 0.800 bits per heavy atom. The van der Waals surface area contributed by atoms with Crippen molar-refractivity contribution in [2.24, 2.45) is 0 Å². The second kappa shape index (κ2) is 15.5. The molecule has 0 unspecified atom stereocenters. The molecule has 168 valence electrons. The molecule has 1 heterocycles. The summed E-state index contributed by atoms with van der Waals surface area (Å²) in [7, 11) is 0. The molecular weight excluding hydrogens is 434 g/mol. The third kappa shape index (κ3) is 9.64. The average molecular weight is 478 g/mol. The molecule has 0 aliphatic carbocycles. The van der Waals surface area contributed by atoms with Gasteiger partial charge in [0.25, 0.3) is 0 Å². The smallest absolute Gasteiger partial charge is 0.178 e. The number of hydrogen-bond acceptors (Lipinski definition) is 1. The van der Waals surface area contributed by atoms with Crippen LogP contribution in [0.15, 0.2) is 36.5 Å². The number of aromatic nitrogens is 1. The molecule has 2 nitrogen and oxygen atoms in total. The van der Waals surface area contributed by atoms with Gasteiger partial charge in [-0.3, -0.25) is 0 Å². The Morgan fingerprint density at radius 2 is 1.53 bits per heavy atom. The molecule has 2 aromatic rings. The first-order chi connectivity index (χ1) is 14.1. The number of halogens is 1. The van der Waals surface area contributed by atoms with Crippen LogP contribution >= 0.6 is 17.0 Å². The van der Waals surface area contributed by atoms with Crippen LogP contribution in [0.4, 0.5) is 0 Å². The molecule has 0 aliphatic rings. The lowest BCUT2D eigenvalue weighted by molar-refractivity contribution is -0.703. The zero-order valence-corrected chi connectivity index (χ0v) is 21.4. The van der Waals surface area contributed by atoms with E-state index < -0.39 is 0 Å². The summed E-state index contributed by atoms with van der Waals surface area (Å²) in [6.07, 6.45) is 14.5. The van der Waals surface area contributed by atoms with Crippen molar-refractivity contribution >= 4 is 17.0 Å². The highest BCUT2D eigenvalue weighted by Gasteiger charge is 2.08. The minimum absolute atomic E-state index is 0. The van der Waals surface area contributed by atoms with E-state index in [0.29, 0.717) is 0 Å². The third-order valence-corrected chi connectivity index (χ3v) is 5.69. The second-order valence-corrected chi connectivity index (χ2v) is 8.45. The highest BCUT2D eigenvalue weighted by Crippen LogP contribution is 2.24. The Morgan fingerprint density at radius 3 is 2.27 bits per heavy atom. The standard InChI is InChI=1S/C27H42NO.BrH/c1-5-7-9-13-25-17-18-27(26(21-25)14-10-8-6-2)29-20-12-11-19-28-22-23(3)15-16-24(28)4;/h15-18,21-22H,5-14,19-20H2,1-4H3;1H/q+1;. The van der Waals surface area contributed by atoms with Crippen molar-refractivity contribution < 1.29 is 9.30 Å². The number of hydrogen-bond donors (Lipinski definition) is 0. The van der Waals surface area contributed by atoms with Gasteiger partial charge in [-0.15, -0.1) is 17.0 Å². The molecule has 30 heavy (non-hydrogen) atoms. The van der Waals surface area contributed by atoms with Crippen LogP contribution in [-0.4, -0.2) is 6.61 Å². The van der Waals surface area contributed by atoms with Gasteiger partial charge in [-0.05, 0) is 62.3 Å². The van der Waals surface area contributed by atoms with E-state index in [-0.39, 0.29) is 17.0 Å². The number of unbranched alkanes of at least 4 members (excludes halogenated alkanes) is 5. The van der Waals surface area contributed by atoms with Gasteiger partial charge in [-0.2, -0.15) is 0 Å². The van der Waals surface area contributed by atoms with Crippen LogP contribution in [-0.2, 0) is 19.4 Å². The summed E-state index contributed by atoms with van der Waals surface area (Å²) in [5, 5.41) is 0. The summed E-state index contributed by atoms with van der Waals surface area (Å²) in [5.41, 5.74) is 5.54. The lowest BCUT2D eigenvalue weighted by atomic mass is 10.00. The fourth-order valence-electron chi connectivity index (χ4n) is 3.81. The van der Waals surface area contributed by atoms with Crippen molar-refractivity contribution in [2.45, 2.75) is 98.4 Å². The quantitative estimate of drug-likeness (QED) is 0.203. The van der Waals surface area contributed by atoms with Gasteiger partial charge < -0.3 is 4.74 Å². The predicted octanol–water partition coefficient (Wildman–Crippen LogP) is 7.49. The average Bonchev–Trinajstić information content (AvgIpc) is 2.72. The van der Waals surface area contributed by atoms with Crippen molar-refractivity contribution in [3.8, 4) is 5.75 Å². The topological polar surface area (TPSA) is 13.1 Å². The number of ether oxygens (including phenoxy) is 1. The van der Waals surface area contributed by atoms with Gasteiger partial charge in [0, 0.05) is 25.0 Å². The van der Waals surface area contributed by atoms with Gasteiger partial charge in [0.1, 0.15) is 12.3 Å². The van der Waals surface area contributed by atoms with Crippen LogP contribution < -0.4 is 9.30 Å². The number of pyridine rings is 1. The minimum atomic E-state index is 0. The van der Waals surface area contributed by atoms with Gasteiger partial charge in [0.2, 0.25) is 0 Å². The van der Waals surface area contributed by atoms with Gasteiger partial charge >= 0.3 is 0 Å². The summed E-state index contributed by atoms with van der Waals surface area (Å²) in [4.78, 5) is 0. The second-order valence-electron chi connectivity index (χ2n) is 8.45. The van der Waals surface area contributed by atoms with E-state index >= 15 is 0 Å². The van der Waals surface area contributed by atoms with Crippen molar-refractivity contribution in [3.05, 3.63) is 58.9 Å². The van der Waals surface area contributed by atoms with Crippen LogP contribution in [0.3, 0.4) is 0 Å². The monoisotopic (exact) mass is 476 g/mol. The third-order valence-electron chi connectivity index (χ3n) is 5.69. The van der Waals surface area contributed by atoms with Crippen LogP contribution in [0.1, 0.15) is 87.6 Å². The number of rotatable bonds is 14. The van der Waals surface area contributed by atoms with E-state index in [2.05, 4.69) is 68.8 Å². The molecule has 0 amide bonds. The Bertz CT molecular complexity index is 729. The summed E-state index contributed by atoms with van der Waals surface area (Å²) in [5.74, 6) is 1.11. The zero-order valence-electron chi connectivity index (χ0n) is 19.7. The molecule has 0 N–H and O–H groups in total. The van der Waals surface area contributed by atoms with Gasteiger partial charge in [0.15, 0.2) is 11.9 Å². The largest absolute Gasteiger partial charge is 0.493 e. The SMILES string of the molecule is Br.CCCCCc1ccc(OCCCC[n+]2cc(C)ccc2C)c(CCCCC)c1. The minimum Gasteiger partial charge on any atom is -0.493 e. The molecule has 0 atom stereocenters. The van der Waals surface area contributed by atoms with Crippen molar-refractivity contribution in [2.75, 3.05) is 6.61 Å². The van der Waals surface area contributed by atoms with E-state index in [1.54, 1.807) is 0 Å². The molecule has 0 bridgehead atoms. The zero-order chi connectivity index (χ0) is 20.9. The molecule has 3 heteroatoms. The highest BCUT2D eigenvalue weighted by molar-refractivity contribution is 8.93. The Labute approximate surface area is 195 Å². The Hall–Kier alpha value is -1.35. The summed E-state index contributed by atoms with van der Waals surface area (Å²) in [6.45, 7) is 10.8.